The molecule has 142 valence electrons. The molecule has 1 atom stereocenters. The Balaban J connectivity index is 1.35. The first-order valence-corrected chi connectivity index (χ1v) is 9.52. The number of rotatable bonds is 7. The molecule has 1 aliphatic rings. The van der Waals surface area contributed by atoms with E-state index in [0.717, 1.165) is 26.1 Å². The lowest BCUT2D eigenvalue weighted by molar-refractivity contribution is 0.101. The summed E-state index contributed by atoms with van der Waals surface area (Å²) < 4.78 is 0. The van der Waals surface area contributed by atoms with E-state index in [9.17, 15) is 9.59 Å². The third-order valence-corrected chi connectivity index (χ3v) is 5.01. The predicted octanol–water partition coefficient (Wildman–Crippen LogP) is 3.92. The van der Waals surface area contributed by atoms with Crippen LogP contribution in [0.1, 0.15) is 35.7 Å². The predicted molar refractivity (Wildman–Crippen MR) is 108 cm³/mol. The Morgan fingerprint density at radius 1 is 1.07 bits per heavy atom. The summed E-state index contributed by atoms with van der Waals surface area (Å²) in [6.45, 7) is 5.40. The maximum atomic E-state index is 12.0. The van der Waals surface area contributed by atoms with Crippen LogP contribution in [0, 0.1) is 5.92 Å². The van der Waals surface area contributed by atoms with Gasteiger partial charge in [-0.1, -0.05) is 30.3 Å². The Kier molecular flexibility index (Phi) is 6.60. The van der Waals surface area contributed by atoms with Gasteiger partial charge in [0.1, 0.15) is 0 Å². The minimum absolute atomic E-state index is 0.0175. The molecular weight excluding hydrogens is 338 g/mol. The number of anilines is 1. The SMILES string of the molecule is CC(=O)c1ccc(NC(=O)NCCC2CCN(Cc3ccccc3)C2)cc1. The summed E-state index contributed by atoms with van der Waals surface area (Å²) in [5, 5.41) is 5.73. The van der Waals surface area contributed by atoms with Crippen LogP contribution in [0.2, 0.25) is 0 Å². The van der Waals surface area contributed by atoms with Crippen molar-refractivity contribution >= 4 is 17.5 Å². The average Bonchev–Trinajstić information content (AvgIpc) is 3.10. The zero-order valence-electron chi connectivity index (χ0n) is 15.8. The molecule has 5 nitrogen and oxygen atoms in total. The zero-order chi connectivity index (χ0) is 19.1. The summed E-state index contributed by atoms with van der Waals surface area (Å²) in [7, 11) is 0. The molecule has 1 fully saturated rings. The highest BCUT2D eigenvalue weighted by Crippen LogP contribution is 2.21. The monoisotopic (exact) mass is 365 g/mol. The highest BCUT2D eigenvalue weighted by molar-refractivity contribution is 5.95. The summed E-state index contributed by atoms with van der Waals surface area (Å²) in [4.78, 5) is 25.8. The van der Waals surface area contributed by atoms with Crippen LogP contribution in [0.3, 0.4) is 0 Å². The Morgan fingerprint density at radius 3 is 2.52 bits per heavy atom. The van der Waals surface area contributed by atoms with Crippen molar-refractivity contribution in [3.63, 3.8) is 0 Å². The lowest BCUT2D eigenvalue weighted by Crippen LogP contribution is -2.31. The third kappa shape index (κ3) is 5.93. The van der Waals surface area contributed by atoms with Gasteiger partial charge in [-0.15, -0.1) is 0 Å². The van der Waals surface area contributed by atoms with Gasteiger partial charge in [-0.05, 0) is 62.1 Å². The number of nitrogens with zero attached hydrogens (tertiary/aromatic N) is 1. The Bertz CT molecular complexity index is 759. The maximum Gasteiger partial charge on any atom is 0.319 e. The van der Waals surface area contributed by atoms with E-state index in [-0.39, 0.29) is 11.8 Å². The van der Waals surface area contributed by atoms with Crippen LogP contribution in [-0.4, -0.2) is 36.3 Å². The lowest BCUT2D eigenvalue weighted by Gasteiger charge is -2.16. The van der Waals surface area contributed by atoms with Crippen molar-refractivity contribution in [2.24, 2.45) is 5.92 Å². The number of ketones is 1. The van der Waals surface area contributed by atoms with Gasteiger partial charge < -0.3 is 10.6 Å². The minimum atomic E-state index is -0.204. The molecule has 2 N–H and O–H groups in total. The van der Waals surface area contributed by atoms with E-state index in [1.807, 2.05) is 6.07 Å². The van der Waals surface area contributed by atoms with Crippen molar-refractivity contribution in [2.45, 2.75) is 26.3 Å². The molecule has 2 aromatic carbocycles. The van der Waals surface area contributed by atoms with Crippen molar-refractivity contribution in [2.75, 3.05) is 25.0 Å². The number of hydrogen-bond donors (Lipinski definition) is 2. The Morgan fingerprint density at radius 2 is 1.81 bits per heavy atom. The number of urea groups is 1. The van der Waals surface area contributed by atoms with Gasteiger partial charge in [0.15, 0.2) is 5.78 Å². The van der Waals surface area contributed by atoms with Crippen LogP contribution >= 0.6 is 0 Å². The maximum absolute atomic E-state index is 12.0. The molecule has 1 heterocycles. The molecule has 2 amide bonds. The van der Waals surface area contributed by atoms with Crippen LogP contribution in [0.5, 0.6) is 0 Å². The minimum Gasteiger partial charge on any atom is -0.338 e. The highest BCUT2D eigenvalue weighted by Gasteiger charge is 2.22. The van der Waals surface area contributed by atoms with E-state index in [0.29, 0.717) is 23.7 Å². The summed E-state index contributed by atoms with van der Waals surface area (Å²) in [6, 6.07) is 17.3. The fourth-order valence-electron chi connectivity index (χ4n) is 3.49. The van der Waals surface area contributed by atoms with Crippen LogP contribution in [0.15, 0.2) is 54.6 Å². The number of amides is 2. The molecule has 1 aliphatic heterocycles. The Hall–Kier alpha value is -2.66. The first-order valence-electron chi connectivity index (χ1n) is 9.52. The number of Topliss-reactive ketones (excluding diaryl/α,β-unsaturated/α-hetero) is 1. The first-order chi connectivity index (χ1) is 13.1. The van der Waals surface area contributed by atoms with Crippen molar-refractivity contribution < 1.29 is 9.59 Å². The van der Waals surface area contributed by atoms with Gasteiger partial charge in [-0.3, -0.25) is 9.69 Å². The normalized spacial score (nSPS) is 16.9. The van der Waals surface area contributed by atoms with Gasteiger partial charge in [0.05, 0.1) is 0 Å². The van der Waals surface area contributed by atoms with Crippen molar-refractivity contribution in [3.05, 3.63) is 65.7 Å². The number of nitrogens with one attached hydrogen (secondary N) is 2. The fraction of sp³-hybridized carbons (Fsp3) is 0.364. The molecule has 1 unspecified atom stereocenters. The van der Waals surface area contributed by atoms with Crippen molar-refractivity contribution in [3.8, 4) is 0 Å². The van der Waals surface area contributed by atoms with Crippen molar-refractivity contribution in [1.82, 2.24) is 10.2 Å². The molecule has 0 aliphatic carbocycles. The standard InChI is InChI=1S/C22H27N3O2/c1-17(26)20-7-9-21(10-8-20)24-22(27)23-13-11-19-12-14-25(16-19)15-18-5-3-2-4-6-18/h2-10,19H,11-16H2,1H3,(H2,23,24,27). The third-order valence-electron chi connectivity index (χ3n) is 5.01. The van der Waals surface area contributed by atoms with E-state index >= 15 is 0 Å². The van der Waals surface area contributed by atoms with E-state index < -0.39 is 0 Å². The van der Waals surface area contributed by atoms with Gasteiger partial charge in [-0.25, -0.2) is 4.79 Å². The van der Waals surface area contributed by atoms with Crippen LogP contribution in [-0.2, 0) is 6.54 Å². The first kappa shape index (κ1) is 19.1. The summed E-state index contributed by atoms with van der Waals surface area (Å²) in [5.74, 6) is 0.646. The van der Waals surface area contributed by atoms with Gasteiger partial charge in [0.25, 0.3) is 0 Å². The number of carbonyl (C=O) groups excluding carboxylic acids is 2. The number of carbonyl (C=O) groups is 2. The van der Waals surface area contributed by atoms with Gasteiger partial charge in [-0.2, -0.15) is 0 Å². The summed E-state index contributed by atoms with van der Waals surface area (Å²) >= 11 is 0. The van der Waals surface area contributed by atoms with Crippen molar-refractivity contribution in [1.29, 1.82) is 0 Å². The van der Waals surface area contributed by atoms with Crippen LogP contribution in [0.4, 0.5) is 10.5 Å². The topological polar surface area (TPSA) is 61.4 Å². The lowest BCUT2D eigenvalue weighted by atomic mass is 10.1. The molecule has 27 heavy (non-hydrogen) atoms. The molecule has 5 heteroatoms. The molecule has 0 radical (unpaired) electrons. The van der Waals surface area contributed by atoms with Gasteiger partial charge in [0.2, 0.25) is 0 Å². The Labute approximate surface area is 160 Å². The molecular formula is C22H27N3O2. The number of hydrogen-bond acceptors (Lipinski definition) is 3. The van der Waals surface area contributed by atoms with E-state index in [1.165, 1.54) is 18.9 Å². The zero-order valence-corrected chi connectivity index (χ0v) is 15.8. The summed E-state index contributed by atoms with van der Waals surface area (Å²) in [6.07, 6.45) is 2.17. The second-order valence-electron chi connectivity index (χ2n) is 7.18. The number of benzene rings is 2. The average molecular weight is 365 g/mol. The molecule has 3 rings (SSSR count). The molecule has 0 saturated carbocycles. The fourth-order valence-corrected chi connectivity index (χ4v) is 3.49. The highest BCUT2D eigenvalue weighted by atomic mass is 16.2. The largest absolute Gasteiger partial charge is 0.338 e. The summed E-state index contributed by atoms with van der Waals surface area (Å²) in [5.41, 5.74) is 2.68. The van der Waals surface area contributed by atoms with Crippen LogP contribution in [0.25, 0.3) is 0 Å². The van der Waals surface area contributed by atoms with E-state index in [1.54, 1.807) is 24.3 Å². The van der Waals surface area contributed by atoms with Crippen LogP contribution < -0.4 is 10.6 Å². The van der Waals surface area contributed by atoms with E-state index in [4.69, 9.17) is 0 Å². The second-order valence-corrected chi connectivity index (χ2v) is 7.18. The quantitative estimate of drug-likeness (QED) is 0.731. The smallest absolute Gasteiger partial charge is 0.319 e. The van der Waals surface area contributed by atoms with Gasteiger partial charge >= 0.3 is 6.03 Å². The van der Waals surface area contributed by atoms with Gasteiger partial charge in [0, 0.05) is 30.9 Å². The molecule has 1 saturated heterocycles. The van der Waals surface area contributed by atoms with E-state index in [2.05, 4.69) is 39.8 Å². The molecule has 0 aromatic heterocycles. The molecule has 0 bridgehead atoms. The molecule has 2 aromatic rings. The molecule has 0 spiro atoms. The second kappa shape index (κ2) is 9.33. The number of likely N-dealkylation sites (tertiary alicyclic amines) is 1.